The van der Waals surface area contributed by atoms with Gasteiger partial charge in [0.1, 0.15) is 5.60 Å². The van der Waals surface area contributed by atoms with E-state index in [1.807, 2.05) is 49.7 Å². The van der Waals surface area contributed by atoms with Gasteiger partial charge in [0, 0.05) is 29.7 Å². The summed E-state index contributed by atoms with van der Waals surface area (Å²) in [7, 11) is 0. The third-order valence-corrected chi connectivity index (χ3v) is 5.34. The molecule has 0 aliphatic carbocycles. The molecule has 0 N–H and O–H groups in total. The Morgan fingerprint density at radius 3 is 2.72 bits per heavy atom. The largest absolute Gasteiger partial charge is 0.444 e. The summed E-state index contributed by atoms with van der Waals surface area (Å²) in [6.07, 6.45) is 3.75. The van der Waals surface area contributed by atoms with Gasteiger partial charge in [0.25, 0.3) is 0 Å². The summed E-state index contributed by atoms with van der Waals surface area (Å²) in [6, 6.07) is 14.2. The maximum atomic E-state index is 12.5. The number of hydrogen-bond acceptors (Lipinski definition) is 3. The molecule has 1 aromatic heterocycles. The fraction of sp³-hybridized carbons (Fsp3) is 0.391. The molecule has 0 spiro atoms. The van der Waals surface area contributed by atoms with Crippen molar-refractivity contribution in [2.24, 2.45) is 0 Å². The Kier molecular flexibility index (Phi) is 5.26. The summed E-state index contributed by atoms with van der Waals surface area (Å²) in [6.45, 7) is 7.02. The van der Waals surface area contributed by atoms with Crippen molar-refractivity contribution in [2.75, 3.05) is 13.1 Å². The first-order valence-corrected chi connectivity index (χ1v) is 10.4. The van der Waals surface area contributed by atoms with Gasteiger partial charge in [0.15, 0.2) is 0 Å². The highest BCUT2D eigenvalue weighted by atomic mass is 35.5. The molecule has 2 heterocycles. The second-order valence-electron chi connectivity index (χ2n) is 8.62. The minimum atomic E-state index is -0.485. The van der Waals surface area contributed by atoms with E-state index in [1.54, 1.807) is 4.90 Å². The predicted molar refractivity (Wildman–Crippen MR) is 116 cm³/mol. The number of ether oxygens (including phenoxy) is 1. The van der Waals surface area contributed by atoms with Gasteiger partial charge in [-0.1, -0.05) is 35.9 Å². The van der Waals surface area contributed by atoms with Gasteiger partial charge in [-0.05, 0) is 62.9 Å². The summed E-state index contributed by atoms with van der Waals surface area (Å²) in [4.78, 5) is 14.2. The number of nitrogens with zero attached hydrogens (tertiary/aromatic N) is 3. The van der Waals surface area contributed by atoms with Crippen LogP contribution in [0, 0.1) is 0 Å². The maximum absolute atomic E-state index is 12.5. The van der Waals surface area contributed by atoms with Gasteiger partial charge in [-0.25, -0.2) is 4.79 Å². The number of hydrogen-bond donors (Lipinski definition) is 0. The van der Waals surface area contributed by atoms with Crippen molar-refractivity contribution in [3.8, 4) is 11.1 Å². The molecule has 1 unspecified atom stereocenters. The van der Waals surface area contributed by atoms with E-state index < -0.39 is 5.60 Å². The molecule has 152 valence electrons. The maximum Gasteiger partial charge on any atom is 0.410 e. The average molecular weight is 412 g/mol. The molecule has 1 aliphatic rings. The van der Waals surface area contributed by atoms with Gasteiger partial charge >= 0.3 is 6.09 Å². The van der Waals surface area contributed by atoms with Crippen LogP contribution in [-0.2, 0) is 4.74 Å². The Morgan fingerprint density at radius 2 is 1.97 bits per heavy atom. The van der Waals surface area contributed by atoms with Crippen LogP contribution in [0.2, 0.25) is 5.02 Å². The van der Waals surface area contributed by atoms with E-state index in [0.717, 1.165) is 46.4 Å². The second kappa shape index (κ2) is 7.71. The third kappa shape index (κ3) is 4.56. The number of rotatable bonds is 2. The van der Waals surface area contributed by atoms with E-state index in [1.165, 1.54) is 0 Å². The van der Waals surface area contributed by atoms with Gasteiger partial charge in [-0.15, -0.1) is 0 Å². The van der Waals surface area contributed by atoms with Crippen molar-refractivity contribution in [1.82, 2.24) is 14.7 Å². The van der Waals surface area contributed by atoms with Crippen LogP contribution in [0.25, 0.3) is 22.0 Å². The number of piperidine rings is 1. The minimum absolute atomic E-state index is 0.151. The topological polar surface area (TPSA) is 47.4 Å². The predicted octanol–water partition coefficient (Wildman–Crippen LogP) is 5.93. The molecule has 5 nitrogen and oxygen atoms in total. The third-order valence-electron chi connectivity index (χ3n) is 5.11. The van der Waals surface area contributed by atoms with Crippen molar-refractivity contribution < 1.29 is 9.53 Å². The zero-order chi connectivity index (χ0) is 20.6. The minimum Gasteiger partial charge on any atom is -0.444 e. The molecule has 29 heavy (non-hydrogen) atoms. The number of fused-ring (bicyclic) bond motifs is 1. The van der Waals surface area contributed by atoms with E-state index in [4.69, 9.17) is 21.4 Å². The Balaban J connectivity index is 1.55. The number of halogens is 1. The molecule has 0 bridgehead atoms. The molecule has 2 aromatic carbocycles. The first kappa shape index (κ1) is 19.8. The van der Waals surface area contributed by atoms with Crippen LogP contribution in [-0.4, -0.2) is 39.5 Å². The lowest BCUT2D eigenvalue weighted by Crippen LogP contribution is -2.43. The average Bonchev–Trinajstić information content (AvgIpc) is 3.10. The van der Waals surface area contributed by atoms with Gasteiger partial charge in [-0.2, -0.15) is 5.10 Å². The molecule has 0 saturated carbocycles. The SMILES string of the molecule is CC(C)(C)OC(=O)N1CCCC(n2cc3ccc(-c4cccc(Cl)c4)cc3n2)C1. The Bertz CT molecular complexity index is 1040. The first-order chi connectivity index (χ1) is 13.8. The standard InChI is InChI=1S/C23H26ClN3O2/c1-23(2,3)29-22(28)26-11-5-8-20(15-26)27-14-18-10-9-17(13-21(18)25-27)16-6-4-7-19(24)12-16/h4,6-7,9-10,12-14,20H,5,8,11,15H2,1-3H3. The summed E-state index contributed by atoms with van der Waals surface area (Å²) >= 11 is 6.14. The number of carbonyl (C=O) groups excluding carboxylic acids is 1. The number of benzene rings is 2. The molecule has 1 amide bonds. The van der Waals surface area contributed by atoms with Gasteiger partial charge in [-0.3, -0.25) is 4.68 Å². The molecule has 6 heteroatoms. The fourth-order valence-electron chi connectivity index (χ4n) is 3.73. The molecular weight excluding hydrogens is 386 g/mol. The van der Waals surface area contributed by atoms with Crippen LogP contribution in [0.4, 0.5) is 4.79 Å². The summed E-state index contributed by atoms with van der Waals surface area (Å²) in [5.74, 6) is 0. The molecule has 1 aliphatic heterocycles. The van der Waals surface area contributed by atoms with Crippen molar-refractivity contribution >= 4 is 28.6 Å². The molecule has 4 rings (SSSR count). The quantitative estimate of drug-likeness (QED) is 0.525. The van der Waals surface area contributed by atoms with Crippen LogP contribution in [0.15, 0.2) is 48.7 Å². The van der Waals surface area contributed by atoms with E-state index in [0.29, 0.717) is 6.54 Å². The highest BCUT2D eigenvalue weighted by Gasteiger charge is 2.28. The van der Waals surface area contributed by atoms with Crippen molar-refractivity contribution in [3.05, 3.63) is 53.7 Å². The highest BCUT2D eigenvalue weighted by Crippen LogP contribution is 2.28. The lowest BCUT2D eigenvalue weighted by molar-refractivity contribution is 0.0168. The van der Waals surface area contributed by atoms with Gasteiger partial charge in [0.05, 0.1) is 11.6 Å². The van der Waals surface area contributed by atoms with E-state index in [9.17, 15) is 4.79 Å². The van der Waals surface area contributed by atoms with E-state index in [2.05, 4.69) is 24.4 Å². The van der Waals surface area contributed by atoms with Crippen LogP contribution >= 0.6 is 11.6 Å². The Morgan fingerprint density at radius 1 is 1.17 bits per heavy atom. The van der Waals surface area contributed by atoms with Crippen molar-refractivity contribution in [3.63, 3.8) is 0 Å². The molecule has 0 radical (unpaired) electrons. The molecule has 1 atom stereocenters. The zero-order valence-electron chi connectivity index (χ0n) is 17.1. The van der Waals surface area contributed by atoms with E-state index >= 15 is 0 Å². The lowest BCUT2D eigenvalue weighted by atomic mass is 10.0. The molecule has 3 aromatic rings. The highest BCUT2D eigenvalue weighted by molar-refractivity contribution is 6.30. The summed E-state index contributed by atoms with van der Waals surface area (Å²) in [5, 5.41) is 6.63. The molecule has 1 saturated heterocycles. The van der Waals surface area contributed by atoms with Gasteiger partial charge < -0.3 is 9.64 Å². The Hall–Kier alpha value is -2.53. The van der Waals surface area contributed by atoms with Gasteiger partial charge in [0.2, 0.25) is 0 Å². The van der Waals surface area contributed by atoms with Crippen molar-refractivity contribution in [1.29, 1.82) is 0 Å². The van der Waals surface area contributed by atoms with Crippen LogP contribution < -0.4 is 0 Å². The molecular formula is C23H26ClN3O2. The smallest absolute Gasteiger partial charge is 0.410 e. The lowest BCUT2D eigenvalue weighted by Gasteiger charge is -2.34. The number of carbonyl (C=O) groups is 1. The summed E-state index contributed by atoms with van der Waals surface area (Å²) in [5.41, 5.74) is 2.62. The fourth-order valence-corrected chi connectivity index (χ4v) is 3.92. The van der Waals surface area contributed by atoms with Crippen LogP contribution in [0.1, 0.15) is 39.7 Å². The van der Waals surface area contributed by atoms with E-state index in [-0.39, 0.29) is 12.1 Å². The van der Waals surface area contributed by atoms with Crippen LogP contribution in [0.3, 0.4) is 0 Å². The zero-order valence-corrected chi connectivity index (χ0v) is 17.8. The monoisotopic (exact) mass is 411 g/mol. The first-order valence-electron chi connectivity index (χ1n) is 10.0. The molecule has 1 fully saturated rings. The second-order valence-corrected chi connectivity index (χ2v) is 9.05. The van der Waals surface area contributed by atoms with Crippen LogP contribution in [0.5, 0.6) is 0 Å². The normalized spacial score (nSPS) is 17.5. The number of amides is 1. The number of aromatic nitrogens is 2. The van der Waals surface area contributed by atoms with Crippen molar-refractivity contribution in [2.45, 2.75) is 45.3 Å². The number of likely N-dealkylation sites (tertiary alicyclic amines) is 1. The Labute approximate surface area is 176 Å². The summed E-state index contributed by atoms with van der Waals surface area (Å²) < 4.78 is 7.54.